The molecule has 4 rings (SSSR count). The fourth-order valence-electron chi connectivity index (χ4n) is 3.61. The van der Waals surface area contributed by atoms with Crippen LogP contribution in [0.5, 0.6) is 0 Å². The summed E-state index contributed by atoms with van der Waals surface area (Å²) in [5.74, 6) is 0.795. The molecule has 1 aromatic heterocycles. The van der Waals surface area contributed by atoms with E-state index in [1.807, 2.05) is 41.3 Å². The van der Waals surface area contributed by atoms with Crippen molar-refractivity contribution in [2.45, 2.75) is 12.5 Å². The molecule has 6 nitrogen and oxygen atoms in total. The van der Waals surface area contributed by atoms with Crippen LogP contribution < -0.4 is 5.32 Å². The maximum atomic E-state index is 13.4. The number of carbonyl (C=O) groups is 1. The van der Waals surface area contributed by atoms with E-state index in [2.05, 4.69) is 55.3 Å². The van der Waals surface area contributed by atoms with Crippen molar-refractivity contribution in [1.82, 2.24) is 19.8 Å². The van der Waals surface area contributed by atoms with Gasteiger partial charge in [-0.25, -0.2) is 9.97 Å². The van der Waals surface area contributed by atoms with Crippen LogP contribution in [0.3, 0.4) is 0 Å². The van der Waals surface area contributed by atoms with Gasteiger partial charge in [0.25, 0.3) is 0 Å². The van der Waals surface area contributed by atoms with E-state index in [1.54, 1.807) is 6.33 Å². The normalized spacial score (nSPS) is 16.0. The van der Waals surface area contributed by atoms with E-state index in [0.717, 1.165) is 47.1 Å². The highest BCUT2D eigenvalue weighted by Gasteiger charge is 2.27. The van der Waals surface area contributed by atoms with Crippen LogP contribution in [0, 0.1) is 0 Å². The Bertz CT molecular complexity index is 989. The maximum Gasteiger partial charge on any atom is 0.245 e. The smallest absolute Gasteiger partial charge is 0.245 e. The van der Waals surface area contributed by atoms with Crippen LogP contribution in [0.4, 0.5) is 5.82 Å². The number of halogens is 1. The van der Waals surface area contributed by atoms with Crippen molar-refractivity contribution in [3.63, 3.8) is 0 Å². The first kappa shape index (κ1) is 19.8. The zero-order valence-corrected chi connectivity index (χ0v) is 18.0. The van der Waals surface area contributed by atoms with E-state index in [0.29, 0.717) is 12.2 Å². The number of nitrogens with zero attached hydrogens (tertiary/aromatic N) is 4. The summed E-state index contributed by atoms with van der Waals surface area (Å²) in [6.07, 6.45) is 2.14. The lowest BCUT2D eigenvalue weighted by atomic mass is 10.0. The first-order valence-electron chi connectivity index (χ1n) is 9.78. The van der Waals surface area contributed by atoms with E-state index in [1.165, 1.54) is 0 Å². The Morgan fingerprint density at radius 1 is 1.10 bits per heavy atom. The minimum Gasteiger partial charge on any atom is -0.357 e. The molecule has 1 fully saturated rings. The van der Waals surface area contributed by atoms with Crippen molar-refractivity contribution < 1.29 is 4.79 Å². The molecule has 150 valence electrons. The minimum absolute atomic E-state index is 0.115. The number of aromatic nitrogens is 2. The third kappa shape index (κ3) is 4.74. The molecular weight excluding hydrogens is 430 g/mol. The van der Waals surface area contributed by atoms with Gasteiger partial charge in [-0.2, -0.15) is 0 Å². The lowest BCUT2D eigenvalue weighted by Gasteiger charge is -2.35. The summed E-state index contributed by atoms with van der Waals surface area (Å²) in [4.78, 5) is 26.4. The molecule has 1 aliphatic rings. The molecular formula is C22H24BrN5O. The standard InChI is InChI=1S/C22H24BrN5O/c1-27-9-11-28(12-10-27)22(29)20(13-16-5-3-2-4-6-16)26-21-18-14-17(23)7-8-19(18)24-15-25-21/h2-8,14-15,20H,9-13H2,1H3,(H,24,25,26). The van der Waals surface area contributed by atoms with Crippen LogP contribution in [0.1, 0.15) is 5.56 Å². The number of hydrogen-bond donors (Lipinski definition) is 1. The SMILES string of the molecule is CN1CCN(C(=O)C(Cc2ccccc2)Nc2ncnc3ccc(Br)cc23)CC1. The van der Waals surface area contributed by atoms with Gasteiger partial charge in [-0.3, -0.25) is 4.79 Å². The molecule has 2 aromatic carbocycles. The van der Waals surface area contributed by atoms with Gasteiger partial charge in [0.2, 0.25) is 5.91 Å². The fourth-order valence-corrected chi connectivity index (χ4v) is 3.97. The maximum absolute atomic E-state index is 13.4. The minimum atomic E-state index is -0.391. The first-order chi connectivity index (χ1) is 14.1. The Kier molecular flexibility index (Phi) is 6.06. The molecule has 3 aromatic rings. The number of rotatable bonds is 5. The zero-order chi connectivity index (χ0) is 20.2. The van der Waals surface area contributed by atoms with Crippen molar-refractivity contribution in [2.24, 2.45) is 0 Å². The Morgan fingerprint density at radius 2 is 1.86 bits per heavy atom. The monoisotopic (exact) mass is 453 g/mol. The van der Waals surface area contributed by atoms with Gasteiger partial charge in [0.05, 0.1) is 5.52 Å². The van der Waals surface area contributed by atoms with Gasteiger partial charge in [0, 0.05) is 42.5 Å². The third-order valence-corrected chi connectivity index (χ3v) is 5.80. The summed E-state index contributed by atoms with van der Waals surface area (Å²) < 4.78 is 0.952. The van der Waals surface area contributed by atoms with Crippen LogP contribution in [0.2, 0.25) is 0 Å². The zero-order valence-electron chi connectivity index (χ0n) is 16.4. The Balaban J connectivity index is 1.63. The second-order valence-electron chi connectivity index (χ2n) is 7.40. The lowest BCUT2D eigenvalue weighted by molar-refractivity contribution is -0.133. The van der Waals surface area contributed by atoms with Crippen LogP contribution in [-0.2, 0) is 11.2 Å². The molecule has 0 aliphatic carbocycles. The molecule has 0 radical (unpaired) electrons. The number of anilines is 1. The number of hydrogen-bond acceptors (Lipinski definition) is 5. The quantitative estimate of drug-likeness (QED) is 0.642. The highest BCUT2D eigenvalue weighted by Crippen LogP contribution is 2.24. The molecule has 1 unspecified atom stereocenters. The number of benzene rings is 2. The van der Waals surface area contributed by atoms with E-state index in [-0.39, 0.29) is 5.91 Å². The van der Waals surface area contributed by atoms with Gasteiger partial charge in [0.1, 0.15) is 18.2 Å². The highest BCUT2D eigenvalue weighted by molar-refractivity contribution is 9.10. The summed E-state index contributed by atoms with van der Waals surface area (Å²) in [5.41, 5.74) is 1.96. The third-order valence-electron chi connectivity index (χ3n) is 5.30. The number of amides is 1. The topological polar surface area (TPSA) is 61.4 Å². The Labute approximate surface area is 179 Å². The molecule has 0 spiro atoms. The van der Waals surface area contributed by atoms with Gasteiger partial charge in [-0.05, 0) is 30.8 Å². The second kappa shape index (κ2) is 8.88. The van der Waals surface area contributed by atoms with Crippen molar-refractivity contribution in [3.8, 4) is 0 Å². The molecule has 1 N–H and O–H groups in total. The van der Waals surface area contributed by atoms with Gasteiger partial charge in [-0.1, -0.05) is 46.3 Å². The molecule has 1 atom stereocenters. The van der Waals surface area contributed by atoms with Crippen LogP contribution in [0.25, 0.3) is 10.9 Å². The van der Waals surface area contributed by atoms with Crippen molar-refractivity contribution in [3.05, 3.63) is 64.9 Å². The Hall–Kier alpha value is -2.51. The van der Waals surface area contributed by atoms with E-state index >= 15 is 0 Å². The molecule has 0 saturated carbocycles. The molecule has 1 amide bonds. The number of fused-ring (bicyclic) bond motifs is 1. The predicted octanol–water partition coefficient (Wildman–Crippen LogP) is 3.19. The fraction of sp³-hybridized carbons (Fsp3) is 0.318. The number of nitrogens with one attached hydrogen (secondary N) is 1. The molecule has 7 heteroatoms. The Morgan fingerprint density at radius 3 is 2.62 bits per heavy atom. The molecule has 1 saturated heterocycles. The summed E-state index contributed by atoms with van der Waals surface area (Å²) in [5, 5.41) is 4.32. The highest BCUT2D eigenvalue weighted by atomic mass is 79.9. The largest absolute Gasteiger partial charge is 0.357 e. The van der Waals surface area contributed by atoms with Gasteiger partial charge < -0.3 is 15.1 Å². The predicted molar refractivity (Wildman–Crippen MR) is 119 cm³/mol. The summed E-state index contributed by atoms with van der Waals surface area (Å²) >= 11 is 3.52. The molecule has 0 bridgehead atoms. The van der Waals surface area contributed by atoms with Crippen LogP contribution in [0.15, 0.2) is 59.3 Å². The van der Waals surface area contributed by atoms with Crippen LogP contribution >= 0.6 is 15.9 Å². The van der Waals surface area contributed by atoms with Crippen molar-refractivity contribution in [1.29, 1.82) is 0 Å². The average molecular weight is 454 g/mol. The van der Waals surface area contributed by atoms with E-state index < -0.39 is 6.04 Å². The number of carbonyl (C=O) groups excluding carboxylic acids is 1. The summed E-state index contributed by atoms with van der Waals surface area (Å²) in [6.45, 7) is 3.29. The molecule has 29 heavy (non-hydrogen) atoms. The lowest BCUT2D eigenvalue weighted by Crippen LogP contribution is -2.52. The van der Waals surface area contributed by atoms with E-state index in [4.69, 9.17) is 0 Å². The molecule has 1 aliphatic heterocycles. The average Bonchev–Trinajstić information content (AvgIpc) is 2.74. The second-order valence-corrected chi connectivity index (χ2v) is 8.31. The van der Waals surface area contributed by atoms with Crippen molar-refractivity contribution >= 4 is 38.6 Å². The first-order valence-corrected chi connectivity index (χ1v) is 10.6. The number of likely N-dealkylation sites (N-methyl/N-ethyl adjacent to an activating group) is 1. The van der Waals surface area contributed by atoms with Crippen molar-refractivity contribution in [2.75, 3.05) is 38.5 Å². The van der Waals surface area contributed by atoms with E-state index in [9.17, 15) is 4.79 Å². The van der Waals surface area contributed by atoms with Crippen LogP contribution in [-0.4, -0.2) is 64.9 Å². The van der Waals surface area contributed by atoms with Gasteiger partial charge in [0.15, 0.2) is 0 Å². The molecule has 2 heterocycles. The van der Waals surface area contributed by atoms with Gasteiger partial charge >= 0.3 is 0 Å². The summed E-state index contributed by atoms with van der Waals surface area (Å²) in [7, 11) is 2.09. The van der Waals surface area contributed by atoms with Gasteiger partial charge in [-0.15, -0.1) is 0 Å². The summed E-state index contributed by atoms with van der Waals surface area (Å²) in [6, 6.07) is 15.6. The number of piperazine rings is 1.